The Hall–Kier alpha value is -3.23. The number of hydrogen-bond acceptors (Lipinski definition) is 6. The van der Waals surface area contributed by atoms with Gasteiger partial charge in [-0.25, -0.2) is 4.52 Å². The number of amides is 1. The number of anilines is 2. The monoisotopic (exact) mass is 457 g/mol. The van der Waals surface area contributed by atoms with Gasteiger partial charge in [0.2, 0.25) is 5.95 Å². The summed E-state index contributed by atoms with van der Waals surface area (Å²) < 4.78 is 1.81. The fraction of sp³-hybridized carbons (Fsp3) is 0.423. The summed E-state index contributed by atoms with van der Waals surface area (Å²) in [5.74, 6) is 1.17. The molecule has 2 aromatic heterocycles. The smallest absolute Gasteiger partial charge is 0.251 e. The number of carbonyl (C=O) groups excluding carboxylic acids is 1. The van der Waals surface area contributed by atoms with Gasteiger partial charge in [0.25, 0.3) is 5.91 Å². The molecular weight excluding hydrogens is 426 g/mol. The summed E-state index contributed by atoms with van der Waals surface area (Å²) in [4.78, 5) is 17.4. The van der Waals surface area contributed by atoms with Crippen LogP contribution >= 0.6 is 0 Å². The van der Waals surface area contributed by atoms with Crippen molar-refractivity contribution in [2.75, 3.05) is 38.0 Å². The van der Waals surface area contributed by atoms with Crippen LogP contribution in [0.15, 0.2) is 48.7 Å². The zero-order valence-electron chi connectivity index (χ0n) is 19.3. The third kappa shape index (κ3) is 4.19. The topological polar surface area (TPSA) is 95.4 Å². The minimum Gasteiger partial charge on any atom is -0.352 e. The van der Waals surface area contributed by atoms with Gasteiger partial charge in [0.1, 0.15) is 0 Å². The first-order valence-electron chi connectivity index (χ1n) is 12.3. The van der Waals surface area contributed by atoms with Crippen LogP contribution in [0.5, 0.6) is 0 Å². The molecule has 1 saturated heterocycles. The van der Waals surface area contributed by atoms with Crippen LogP contribution in [0.25, 0.3) is 11.2 Å². The molecule has 6 rings (SSSR count). The lowest BCUT2D eigenvalue weighted by molar-refractivity contribution is 0.0949. The molecule has 3 aromatic rings. The van der Waals surface area contributed by atoms with Crippen molar-refractivity contribution in [2.24, 2.45) is 11.3 Å². The highest BCUT2D eigenvalue weighted by Gasteiger charge is 2.53. The van der Waals surface area contributed by atoms with E-state index >= 15 is 0 Å². The van der Waals surface area contributed by atoms with Crippen LogP contribution in [0, 0.1) is 11.3 Å². The maximum absolute atomic E-state index is 12.6. The number of nitrogens with one attached hydrogen (secondary N) is 4. The maximum Gasteiger partial charge on any atom is 0.251 e. The first-order valence-corrected chi connectivity index (χ1v) is 12.3. The Morgan fingerprint density at radius 1 is 1.12 bits per heavy atom. The zero-order valence-corrected chi connectivity index (χ0v) is 19.3. The third-order valence-electron chi connectivity index (χ3n) is 7.64. The lowest BCUT2D eigenvalue weighted by atomic mass is 9.92. The minimum absolute atomic E-state index is 0.00622. The van der Waals surface area contributed by atoms with E-state index < -0.39 is 0 Å². The molecule has 1 saturated carbocycles. The molecule has 1 aliphatic carbocycles. The molecule has 8 nitrogen and oxygen atoms in total. The Morgan fingerprint density at radius 2 is 1.97 bits per heavy atom. The summed E-state index contributed by atoms with van der Waals surface area (Å²) in [5.41, 5.74) is 5.28. The number of carbonyl (C=O) groups is 1. The van der Waals surface area contributed by atoms with Crippen molar-refractivity contribution in [3.05, 3.63) is 59.8 Å². The van der Waals surface area contributed by atoms with Crippen molar-refractivity contribution in [1.82, 2.24) is 30.5 Å². The van der Waals surface area contributed by atoms with Gasteiger partial charge in [-0.2, -0.15) is 4.98 Å². The van der Waals surface area contributed by atoms with E-state index in [1.54, 1.807) is 0 Å². The summed E-state index contributed by atoms with van der Waals surface area (Å²) in [5, 5.41) is 17.8. The van der Waals surface area contributed by atoms with Crippen molar-refractivity contribution in [3.63, 3.8) is 0 Å². The molecule has 34 heavy (non-hydrogen) atoms. The van der Waals surface area contributed by atoms with E-state index in [1.165, 1.54) is 24.8 Å². The van der Waals surface area contributed by atoms with Gasteiger partial charge in [-0.15, -0.1) is 5.10 Å². The zero-order chi connectivity index (χ0) is 23.0. The molecule has 1 aromatic carbocycles. The van der Waals surface area contributed by atoms with Gasteiger partial charge in [0.15, 0.2) is 5.65 Å². The number of nitrogens with zero attached hydrogens (tertiary/aromatic N) is 3. The molecule has 1 unspecified atom stereocenters. The molecule has 8 heteroatoms. The molecule has 4 N–H and O–H groups in total. The number of aromatic nitrogens is 3. The van der Waals surface area contributed by atoms with E-state index in [9.17, 15) is 4.79 Å². The van der Waals surface area contributed by atoms with Crippen LogP contribution < -0.4 is 21.3 Å². The summed E-state index contributed by atoms with van der Waals surface area (Å²) >= 11 is 0. The first kappa shape index (κ1) is 21.3. The summed E-state index contributed by atoms with van der Waals surface area (Å²) in [6, 6.07) is 11.6. The predicted molar refractivity (Wildman–Crippen MR) is 133 cm³/mol. The van der Waals surface area contributed by atoms with Crippen molar-refractivity contribution >= 4 is 28.8 Å². The number of benzene rings is 1. The average molecular weight is 458 g/mol. The van der Waals surface area contributed by atoms with Crippen LogP contribution in [0.2, 0.25) is 0 Å². The molecule has 3 aliphatic rings. The van der Waals surface area contributed by atoms with Gasteiger partial charge in [0.05, 0.1) is 0 Å². The molecule has 0 radical (unpaired) electrons. The molecular formula is C26H31N7O. The van der Waals surface area contributed by atoms with Crippen LogP contribution in [0.1, 0.15) is 41.6 Å². The number of rotatable bonds is 6. The summed E-state index contributed by atoms with van der Waals surface area (Å²) in [6.07, 6.45) is 8.85. The van der Waals surface area contributed by atoms with Crippen LogP contribution in [0.4, 0.5) is 11.6 Å². The van der Waals surface area contributed by atoms with Crippen LogP contribution in [-0.4, -0.2) is 53.2 Å². The molecule has 2 fully saturated rings. The number of pyridine rings is 1. The van der Waals surface area contributed by atoms with E-state index in [0.717, 1.165) is 56.0 Å². The summed E-state index contributed by atoms with van der Waals surface area (Å²) in [7, 11) is 0. The van der Waals surface area contributed by atoms with Crippen molar-refractivity contribution < 1.29 is 4.79 Å². The molecule has 1 atom stereocenters. The number of hydrogen-bond donors (Lipinski definition) is 4. The largest absolute Gasteiger partial charge is 0.352 e. The first-order chi connectivity index (χ1) is 16.7. The van der Waals surface area contributed by atoms with E-state index in [4.69, 9.17) is 4.98 Å². The standard InChI is InChI=1S/C26H31N7O/c34-24(29-17-20-16-26(20)9-13-28-14-10-26)19-3-5-21(6-4-19)30-25-31-23-22(2-1-15-33(23)32-25)18-7-11-27-12-8-18/h1-7,15,20,27-28H,8-14,16-17H2,(H,29,34)(H,30,32). The van der Waals surface area contributed by atoms with E-state index in [1.807, 2.05) is 41.0 Å². The quantitative estimate of drug-likeness (QED) is 0.455. The fourth-order valence-corrected chi connectivity index (χ4v) is 5.49. The van der Waals surface area contributed by atoms with Crippen molar-refractivity contribution in [1.29, 1.82) is 0 Å². The number of piperidine rings is 1. The molecule has 2 aliphatic heterocycles. The van der Waals surface area contributed by atoms with Gasteiger partial charge >= 0.3 is 0 Å². The van der Waals surface area contributed by atoms with Crippen molar-refractivity contribution in [2.45, 2.75) is 25.7 Å². The van der Waals surface area contributed by atoms with Crippen LogP contribution in [-0.2, 0) is 0 Å². The van der Waals surface area contributed by atoms with Crippen molar-refractivity contribution in [3.8, 4) is 0 Å². The summed E-state index contributed by atoms with van der Waals surface area (Å²) in [6.45, 7) is 4.85. The van der Waals surface area contributed by atoms with E-state index in [-0.39, 0.29) is 5.91 Å². The molecule has 4 heterocycles. The second-order valence-electron chi connectivity index (χ2n) is 9.73. The SMILES string of the molecule is O=C(NCC1CC12CCNCC2)c1ccc(Nc2nc3c(C4=CCNCC4)cccn3n2)cc1. The highest BCUT2D eigenvalue weighted by atomic mass is 16.1. The normalized spacial score (nSPS) is 21.3. The van der Waals surface area contributed by atoms with Gasteiger partial charge in [-0.05, 0) is 98.6 Å². The average Bonchev–Trinajstić information content (AvgIpc) is 3.36. The van der Waals surface area contributed by atoms with Gasteiger partial charge in [-0.1, -0.05) is 6.08 Å². The van der Waals surface area contributed by atoms with Gasteiger partial charge in [-0.3, -0.25) is 4.79 Å². The lowest BCUT2D eigenvalue weighted by Gasteiger charge is -2.23. The Balaban J connectivity index is 1.09. The highest BCUT2D eigenvalue weighted by Crippen LogP contribution is 2.58. The second kappa shape index (κ2) is 8.85. The van der Waals surface area contributed by atoms with Gasteiger partial charge in [0, 0.05) is 36.1 Å². The van der Waals surface area contributed by atoms with Crippen LogP contribution in [0.3, 0.4) is 0 Å². The maximum atomic E-state index is 12.6. The third-order valence-corrected chi connectivity index (χ3v) is 7.64. The van der Waals surface area contributed by atoms with Gasteiger partial charge < -0.3 is 21.3 Å². The molecule has 176 valence electrons. The molecule has 1 amide bonds. The predicted octanol–water partition coefficient (Wildman–Crippen LogP) is 2.97. The Labute approximate surface area is 199 Å². The Morgan fingerprint density at radius 3 is 2.76 bits per heavy atom. The van der Waals surface area contributed by atoms with E-state index in [2.05, 4.69) is 38.5 Å². The minimum atomic E-state index is -0.00622. The van der Waals surface area contributed by atoms with E-state index in [0.29, 0.717) is 22.8 Å². The highest BCUT2D eigenvalue weighted by molar-refractivity contribution is 5.94. The Kier molecular flexibility index (Phi) is 5.55. The lowest BCUT2D eigenvalue weighted by Crippen LogP contribution is -2.32. The Bertz CT molecular complexity index is 1220. The molecule has 1 spiro atoms. The second-order valence-corrected chi connectivity index (χ2v) is 9.73. The number of fused-ring (bicyclic) bond motifs is 1. The fourth-order valence-electron chi connectivity index (χ4n) is 5.49. The molecule has 0 bridgehead atoms.